The number of hydrogen-bond acceptors (Lipinski definition) is 5. The van der Waals surface area contributed by atoms with Crippen molar-refractivity contribution in [2.24, 2.45) is 0 Å². The zero-order valence-electron chi connectivity index (χ0n) is 16.2. The maximum Gasteiger partial charge on any atom is 0.490 e. The van der Waals surface area contributed by atoms with Gasteiger partial charge >= 0.3 is 12.1 Å². The van der Waals surface area contributed by atoms with Gasteiger partial charge in [0.15, 0.2) is 5.69 Å². The highest BCUT2D eigenvalue weighted by Gasteiger charge is 2.38. The van der Waals surface area contributed by atoms with Gasteiger partial charge in [-0.25, -0.2) is 14.2 Å². The van der Waals surface area contributed by atoms with Crippen molar-refractivity contribution < 1.29 is 36.8 Å². The lowest BCUT2D eigenvalue weighted by Crippen LogP contribution is -2.39. The standard InChI is InChI=1S/C17H17FN4O2.C2HF3O2/c1-10-8-14(21-24-10)17(23)22-7-3-2-4-15(22)16-19-12-6-5-11(18)9-13(12)20-16;3-2(4,5)1(6)7/h5-6,8-9,15H,2-4,7H2,1H3,(H,19,20);(H,6,7). The smallest absolute Gasteiger partial charge is 0.475 e. The number of aromatic amines is 1. The fourth-order valence-electron chi connectivity index (χ4n) is 3.23. The number of piperidine rings is 1. The Morgan fingerprint density at radius 3 is 2.58 bits per heavy atom. The average molecular weight is 442 g/mol. The number of likely N-dealkylation sites (tertiary alicyclic amines) is 1. The van der Waals surface area contributed by atoms with E-state index in [1.807, 2.05) is 0 Å². The number of fused-ring (bicyclic) bond motifs is 1. The first kappa shape index (κ1) is 22.2. The summed E-state index contributed by atoms with van der Waals surface area (Å²) in [7, 11) is 0. The molecule has 12 heteroatoms. The summed E-state index contributed by atoms with van der Waals surface area (Å²) in [6.07, 6.45) is -2.32. The van der Waals surface area contributed by atoms with Crippen molar-refractivity contribution in [2.45, 2.75) is 38.4 Å². The summed E-state index contributed by atoms with van der Waals surface area (Å²) in [6.45, 7) is 2.39. The highest BCUT2D eigenvalue weighted by Crippen LogP contribution is 2.31. The van der Waals surface area contributed by atoms with E-state index in [0.717, 1.165) is 19.3 Å². The van der Waals surface area contributed by atoms with Gasteiger partial charge in [-0.2, -0.15) is 13.2 Å². The number of imidazole rings is 1. The number of alkyl halides is 3. The van der Waals surface area contributed by atoms with Crippen LogP contribution in [0.4, 0.5) is 17.6 Å². The molecule has 1 unspecified atom stereocenters. The summed E-state index contributed by atoms with van der Waals surface area (Å²) < 4.78 is 50.1. The third kappa shape index (κ3) is 5.19. The highest BCUT2D eigenvalue weighted by molar-refractivity contribution is 5.92. The molecule has 31 heavy (non-hydrogen) atoms. The van der Waals surface area contributed by atoms with E-state index in [1.54, 1.807) is 24.0 Å². The number of aromatic nitrogens is 3. The maximum absolute atomic E-state index is 13.4. The number of carbonyl (C=O) groups excluding carboxylic acids is 1. The molecule has 1 fully saturated rings. The lowest BCUT2D eigenvalue weighted by molar-refractivity contribution is -0.192. The molecule has 1 amide bonds. The van der Waals surface area contributed by atoms with Crippen molar-refractivity contribution in [3.05, 3.63) is 47.4 Å². The van der Waals surface area contributed by atoms with Crippen molar-refractivity contribution in [3.63, 3.8) is 0 Å². The van der Waals surface area contributed by atoms with E-state index in [0.29, 0.717) is 34.9 Å². The fraction of sp³-hybridized carbons (Fsp3) is 0.368. The first-order chi connectivity index (χ1) is 14.6. The largest absolute Gasteiger partial charge is 0.490 e. The molecule has 1 atom stereocenters. The predicted molar refractivity (Wildman–Crippen MR) is 98.6 cm³/mol. The van der Waals surface area contributed by atoms with Crippen molar-refractivity contribution in [1.29, 1.82) is 0 Å². The van der Waals surface area contributed by atoms with Crippen LogP contribution in [0.1, 0.15) is 47.4 Å². The molecule has 1 aliphatic heterocycles. The Labute approximate surface area is 172 Å². The van der Waals surface area contributed by atoms with Crippen LogP contribution in [0.15, 0.2) is 28.8 Å². The Morgan fingerprint density at radius 1 is 1.26 bits per heavy atom. The molecule has 0 bridgehead atoms. The number of H-pyrrole nitrogens is 1. The van der Waals surface area contributed by atoms with Gasteiger partial charge in [0, 0.05) is 12.6 Å². The maximum atomic E-state index is 13.4. The van der Waals surface area contributed by atoms with Crippen LogP contribution in [0.3, 0.4) is 0 Å². The number of carbonyl (C=O) groups is 2. The summed E-state index contributed by atoms with van der Waals surface area (Å²) in [5.41, 5.74) is 1.64. The SMILES string of the molecule is Cc1cc(C(=O)N2CCCCC2c2nc3ccc(F)cc3[nH]2)no1.O=C(O)C(F)(F)F. The van der Waals surface area contributed by atoms with Crippen LogP contribution in [0, 0.1) is 12.7 Å². The van der Waals surface area contributed by atoms with E-state index in [1.165, 1.54) is 12.1 Å². The molecule has 2 N–H and O–H groups in total. The molecule has 1 aliphatic rings. The summed E-state index contributed by atoms with van der Waals surface area (Å²) in [6, 6.07) is 5.91. The molecule has 4 rings (SSSR count). The number of nitrogens with one attached hydrogen (secondary N) is 1. The van der Waals surface area contributed by atoms with E-state index < -0.39 is 12.1 Å². The van der Waals surface area contributed by atoms with Gasteiger partial charge in [0.2, 0.25) is 0 Å². The molecule has 3 aromatic rings. The molecule has 166 valence electrons. The Hall–Kier alpha value is -3.44. The first-order valence-corrected chi connectivity index (χ1v) is 9.26. The third-order valence-corrected chi connectivity index (χ3v) is 4.63. The molecule has 3 heterocycles. The first-order valence-electron chi connectivity index (χ1n) is 9.26. The number of rotatable bonds is 2. The number of hydrogen-bond donors (Lipinski definition) is 2. The molecule has 1 aromatic carbocycles. The number of halogens is 4. The number of amides is 1. The van der Waals surface area contributed by atoms with Gasteiger partial charge in [-0.05, 0) is 44.4 Å². The number of aryl methyl sites for hydroxylation is 1. The van der Waals surface area contributed by atoms with Crippen LogP contribution in [0.2, 0.25) is 0 Å². The van der Waals surface area contributed by atoms with Gasteiger partial charge in [-0.1, -0.05) is 5.16 Å². The number of carboxylic acid groups (broad SMARTS) is 1. The molecule has 8 nitrogen and oxygen atoms in total. The van der Waals surface area contributed by atoms with E-state index in [4.69, 9.17) is 14.4 Å². The van der Waals surface area contributed by atoms with Gasteiger partial charge in [-0.15, -0.1) is 0 Å². The Morgan fingerprint density at radius 2 is 1.97 bits per heavy atom. The zero-order valence-corrected chi connectivity index (χ0v) is 16.2. The topological polar surface area (TPSA) is 112 Å². The lowest BCUT2D eigenvalue weighted by atomic mass is 10.0. The van der Waals surface area contributed by atoms with Crippen molar-refractivity contribution in [2.75, 3.05) is 6.54 Å². The molecule has 0 saturated carbocycles. The Balaban J connectivity index is 0.000000339. The minimum absolute atomic E-state index is 0.164. The average Bonchev–Trinajstić information content (AvgIpc) is 3.33. The van der Waals surface area contributed by atoms with E-state index in [2.05, 4.69) is 15.1 Å². The van der Waals surface area contributed by atoms with Crippen LogP contribution < -0.4 is 0 Å². The van der Waals surface area contributed by atoms with Gasteiger partial charge < -0.3 is 19.5 Å². The molecule has 2 aromatic heterocycles. The summed E-state index contributed by atoms with van der Waals surface area (Å²) in [5.74, 6) is -1.95. The quantitative estimate of drug-likeness (QED) is 0.580. The van der Waals surface area contributed by atoms with Crippen molar-refractivity contribution >= 4 is 22.9 Å². The van der Waals surface area contributed by atoms with E-state index in [9.17, 15) is 22.4 Å². The molecule has 0 radical (unpaired) electrons. The van der Waals surface area contributed by atoms with Crippen LogP contribution in [0.25, 0.3) is 11.0 Å². The minimum Gasteiger partial charge on any atom is -0.475 e. The Bertz CT molecular complexity index is 1090. The summed E-state index contributed by atoms with van der Waals surface area (Å²) in [5, 5.41) is 11.0. The zero-order chi connectivity index (χ0) is 22.8. The Kier molecular flexibility index (Phi) is 6.27. The molecule has 0 spiro atoms. The monoisotopic (exact) mass is 442 g/mol. The van der Waals surface area contributed by atoms with Gasteiger partial charge in [0.25, 0.3) is 5.91 Å². The van der Waals surface area contributed by atoms with Crippen molar-refractivity contribution in [3.8, 4) is 0 Å². The third-order valence-electron chi connectivity index (χ3n) is 4.63. The van der Waals surface area contributed by atoms with Crippen LogP contribution in [-0.2, 0) is 4.79 Å². The second kappa shape index (κ2) is 8.74. The van der Waals surface area contributed by atoms with E-state index in [-0.39, 0.29) is 17.8 Å². The molecule has 1 saturated heterocycles. The second-order valence-electron chi connectivity index (χ2n) is 6.92. The van der Waals surface area contributed by atoms with Gasteiger partial charge in [0.1, 0.15) is 17.4 Å². The normalized spacial score (nSPS) is 16.7. The molecule has 0 aliphatic carbocycles. The minimum atomic E-state index is -5.08. The van der Waals surface area contributed by atoms with Crippen LogP contribution in [0.5, 0.6) is 0 Å². The van der Waals surface area contributed by atoms with Crippen LogP contribution in [-0.4, -0.2) is 49.7 Å². The number of nitrogens with zero attached hydrogens (tertiary/aromatic N) is 3. The number of aliphatic carboxylic acids is 1. The molecular weight excluding hydrogens is 424 g/mol. The van der Waals surface area contributed by atoms with Gasteiger partial charge in [0.05, 0.1) is 17.1 Å². The second-order valence-corrected chi connectivity index (χ2v) is 6.92. The lowest BCUT2D eigenvalue weighted by Gasteiger charge is -2.33. The van der Waals surface area contributed by atoms with Crippen LogP contribution >= 0.6 is 0 Å². The predicted octanol–water partition coefficient (Wildman–Crippen LogP) is 4.00. The van der Waals surface area contributed by atoms with Crippen molar-refractivity contribution in [1.82, 2.24) is 20.0 Å². The number of benzene rings is 1. The summed E-state index contributed by atoms with van der Waals surface area (Å²) >= 11 is 0. The summed E-state index contributed by atoms with van der Waals surface area (Å²) in [4.78, 5) is 31.1. The fourth-order valence-corrected chi connectivity index (χ4v) is 3.23. The number of carboxylic acids is 1. The molecular formula is C19H18F4N4O4. The highest BCUT2D eigenvalue weighted by atomic mass is 19.4. The van der Waals surface area contributed by atoms with E-state index >= 15 is 0 Å². The van der Waals surface area contributed by atoms with Gasteiger partial charge in [-0.3, -0.25) is 4.79 Å².